The molecule has 2 aromatic rings. The molecule has 2 N–H and O–H groups in total. The number of carbonyl (C=O) groups excluding carboxylic acids is 1. The summed E-state index contributed by atoms with van der Waals surface area (Å²) in [6, 6.07) is 6.44. The van der Waals surface area contributed by atoms with Gasteiger partial charge in [-0.2, -0.15) is 0 Å². The number of carbonyl (C=O) groups is 1. The van der Waals surface area contributed by atoms with Crippen molar-refractivity contribution in [3.63, 3.8) is 0 Å². The normalized spacial score (nSPS) is 17.4. The topological polar surface area (TPSA) is 94.5 Å². The van der Waals surface area contributed by atoms with Crippen LogP contribution in [0.2, 0.25) is 0 Å². The molecular formula is C19H24FN3O4. The van der Waals surface area contributed by atoms with Gasteiger partial charge in [0.1, 0.15) is 25.5 Å². The van der Waals surface area contributed by atoms with Gasteiger partial charge < -0.3 is 19.7 Å². The molecule has 0 saturated carbocycles. The number of aliphatic hydroxyl groups excluding tert-OH is 1. The zero-order valence-corrected chi connectivity index (χ0v) is 15.3. The molecule has 0 bridgehead atoms. The Kier molecular flexibility index (Phi) is 5.76. The van der Waals surface area contributed by atoms with Gasteiger partial charge in [-0.05, 0) is 37.5 Å². The first-order valence-electron chi connectivity index (χ1n) is 9.07. The van der Waals surface area contributed by atoms with E-state index in [4.69, 9.17) is 4.74 Å². The first kappa shape index (κ1) is 19.3. The van der Waals surface area contributed by atoms with Gasteiger partial charge in [-0.3, -0.25) is 0 Å². The Bertz CT molecular complexity index is 824. The van der Waals surface area contributed by atoms with Gasteiger partial charge in [0, 0.05) is 17.0 Å². The first-order valence-corrected chi connectivity index (χ1v) is 9.07. The summed E-state index contributed by atoms with van der Waals surface area (Å²) in [7, 11) is 1.48. The number of likely N-dealkylation sites (tertiary alicyclic amines) is 1. The van der Waals surface area contributed by atoms with Crippen LogP contribution in [0, 0.1) is 5.82 Å². The smallest absolute Gasteiger partial charge is 0.213 e. The highest BCUT2D eigenvalue weighted by atomic mass is 19.1. The van der Waals surface area contributed by atoms with E-state index < -0.39 is 17.8 Å². The molecule has 1 aromatic carbocycles. The number of rotatable bonds is 6. The lowest BCUT2D eigenvalue weighted by Crippen LogP contribution is -2.66. The van der Waals surface area contributed by atoms with E-state index in [0.29, 0.717) is 24.5 Å². The van der Waals surface area contributed by atoms with Gasteiger partial charge in [0.2, 0.25) is 5.88 Å². The molecule has 146 valence electrons. The lowest BCUT2D eigenvalue weighted by Gasteiger charge is -2.43. The molecule has 1 saturated heterocycles. The minimum atomic E-state index is -1.37. The minimum Gasteiger partial charge on any atom is -0.526 e. The molecule has 1 aliphatic rings. The maximum atomic E-state index is 14.8. The largest absolute Gasteiger partial charge is 0.526 e. The van der Waals surface area contributed by atoms with Crippen LogP contribution in [-0.4, -0.2) is 54.1 Å². The zero-order chi connectivity index (χ0) is 19.4. The van der Waals surface area contributed by atoms with Crippen molar-refractivity contribution in [1.82, 2.24) is 10.4 Å². The van der Waals surface area contributed by atoms with Gasteiger partial charge >= 0.3 is 0 Å². The summed E-state index contributed by atoms with van der Waals surface area (Å²) in [5, 5.41) is 22.0. The fourth-order valence-corrected chi connectivity index (χ4v) is 3.98. The third-order valence-corrected chi connectivity index (χ3v) is 5.23. The number of aliphatic hydroxyl groups is 1. The number of ether oxygens (including phenoxy) is 1. The Hall–Kier alpha value is -2.45. The van der Waals surface area contributed by atoms with Crippen molar-refractivity contribution in [2.45, 2.75) is 25.2 Å². The summed E-state index contributed by atoms with van der Waals surface area (Å²) < 4.78 is 20.0. The molecule has 1 atom stereocenters. The molecule has 0 radical (unpaired) electrons. The predicted molar refractivity (Wildman–Crippen MR) is 95.3 cm³/mol. The highest BCUT2D eigenvalue weighted by Crippen LogP contribution is 2.31. The second kappa shape index (κ2) is 8.06. The highest BCUT2D eigenvalue weighted by molar-refractivity contribution is 5.83. The number of aromatic nitrogens is 1. The maximum Gasteiger partial charge on any atom is 0.213 e. The Labute approximate surface area is 156 Å². The minimum absolute atomic E-state index is 0.0490. The summed E-state index contributed by atoms with van der Waals surface area (Å²) in [5.41, 5.74) is 3.17. The van der Waals surface area contributed by atoms with Gasteiger partial charge in [0.15, 0.2) is 6.09 Å². The Balaban J connectivity index is 2.03. The number of pyridine rings is 1. The number of nitrogens with zero attached hydrogens (tertiary/aromatic N) is 2. The standard InChI is InChI=1S/C19H24FN3O4/c1-27-16-8-6-13-5-7-15(20)17(18(13)21-16)14(12-24)11-23(22-19(25)26)9-3-2-4-10-23/h5-8,14,22,24H,2-4,9-12H2,1H3. The average Bonchev–Trinajstić information content (AvgIpc) is 2.66. The van der Waals surface area contributed by atoms with E-state index >= 15 is 0 Å². The molecule has 1 aliphatic heterocycles. The van der Waals surface area contributed by atoms with E-state index in [0.717, 1.165) is 24.6 Å². The number of benzene rings is 1. The third-order valence-electron chi connectivity index (χ3n) is 5.23. The van der Waals surface area contributed by atoms with Crippen molar-refractivity contribution in [1.29, 1.82) is 0 Å². The number of amides is 1. The molecule has 1 unspecified atom stereocenters. The van der Waals surface area contributed by atoms with E-state index in [9.17, 15) is 19.4 Å². The van der Waals surface area contributed by atoms with E-state index in [2.05, 4.69) is 10.4 Å². The Morgan fingerprint density at radius 2 is 2.04 bits per heavy atom. The lowest BCUT2D eigenvalue weighted by atomic mass is 9.94. The number of hydrogen-bond donors (Lipinski definition) is 2. The Morgan fingerprint density at radius 1 is 1.33 bits per heavy atom. The van der Waals surface area contributed by atoms with E-state index in [1.54, 1.807) is 18.2 Å². The number of carboxylic acid groups (broad SMARTS) is 1. The van der Waals surface area contributed by atoms with Crippen LogP contribution in [0.4, 0.5) is 9.18 Å². The molecule has 8 heteroatoms. The SMILES string of the molecule is COc1ccc2ccc(F)c(C(CO)C[N+]3(NC(=O)[O-])CCCCC3)c2n1. The number of halogens is 1. The van der Waals surface area contributed by atoms with Crippen molar-refractivity contribution in [3.05, 3.63) is 35.6 Å². The maximum absolute atomic E-state index is 14.8. The predicted octanol–water partition coefficient (Wildman–Crippen LogP) is 1.31. The van der Waals surface area contributed by atoms with Crippen molar-refractivity contribution < 1.29 is 28.7 Å². The van der Waals surface area contributed by atoms with Crippen LogP contribution in [-0.2, 0) is 0 Å². The Morgan fingerprint density at radius 3 is 2.67 bits per heavy atom. The summed E-state index contributed by atoms with van der Waals surface area (Å²) in [5.74, 6) is -0.759. The number of methoxy groups -OCH3 is 1. The van der Waals surface area contributed by atoms with Crippen LogP contribution in [0.3, 0.4) is 0 Å². The van der Waals surface area contributed by atoms with Gasteiger partial charge in [-0.1, -0.05) is 0 Å². The van der Waals surface area contributed by atoms with Crippen molar-refractivity contribution in [2.24, 2.45) is 0 Å². The lowest BCUT2D eigenvalue weighted by molar-refractivity contribution is -0.968. The third kappa shape index (κ3) is 4.12. The van der Waals surface area contributed by atoms with Gasteiger partial charge in [0.25, 0.3) is 0 Å². The summed E-state index contributed by atoms with van der Waals surface area (Å²) >= 11 is 0. The molecule has 7 nitrogen and oxygen atoms in total. The average molecular weight is 377 g/mol. The van der Waals surface area contributed by atoms with Crippen molar-refractivity contribution in [2.75, 3.05) is 33.4 Å². The molecule has 0 aliphatic carbocycles. The van der Waals surface area contributed by atoms with Gasteiger partial charge in [0.05, 0.1) is 25.2 Å². The molecule has 27 heavy (non-hydrogen) atoms. The number of hydrogen-bond acceptors (Lipinski definition) is 5. The molecule has 2 heterocycles. The number of quaternary nitrogens is 1. The molecule has 1 amide bonds. The van der Waals surface area contributed by atoms with Gasteiger partial charge in [-0.25, -0.2) is 19.4 Å². The van der Waals surface area contributed by atoms with Crippen molar-refractivity contribution in [3.8, 4) is 5.88 Å². The van der Waals surface area contributed by atoms with Crippen LogP contribution < -0.4 is 15.3 Å². The summed E-state index contributed by atoms with van der Waals surface area (Å²) in [4.78, 5) is 15.6. The van der Waals surface area contributed by atoms with E-state index in [1.807, 2.05) is 0 Å². The highest BCUT2D eigenvalue weighted by Gasteiger charge is 2.36. The number of fused-ring (bicyclic) bond motifs is 1. The second-order valence-corrected chi connectivity index (χ2v) is 7.00. The summed E-state index contributed by atoms with van der Waals surface area (Å²) in [6.45, 7) is 1.05. The molecule has 3 rings (SSSR count). The van der Waals surface area contributed by atoms with Crippen LogP contribution >= 0.6 is 0 Å². The van der Waals surface area contributed by atoms with Crippen molar-refractivity contribution >= 4 is 17.0 Å². The number of piperidine rings is 1. The second-order valence-electron chi connectivity index (χ2n) is 7.00. The fraction of sp³-hybridized carbons (Fsp3) is 0.474. The van der Waals surface area contributed by atoms with Gasteiger partial charge in [-0.15, -0.1) is 0 Å². The number of nitrogens with one attached hydrogen (secondary N) is 1. The van der Waals surface area contributed by atoms with Crippen LogP contribution in [0.25, 0.3) is 10.9 Å². The van der Waals surface area contributed by atoms with E-state index in [-0.39, 0.29) is 23.3 Å². The monoisotopic (exact) mass is 377 g/mol. The molecule has 1 aromatic heterocycles. The quantitative estimate of drug-likeness (QED) is 0.740. The first-order chi connectivity index (χ1) is 13.0. The zero-order valence-electron chi connectivity index (χ0n) is 15.3. The van der Waals surface area contributed by atoms with E-state index in [1.165, 1.54) is 13.2 Å². The summed E-state index contributed by atoms with van der Waals surface area (Å²) in [6.07, 6.45) is 1.34. The van der Waals surface area contributed by atoms with Crippen LogP contribution in [0.15, 0.2) is 24.3 Å². The van der Waals surface area contributed by atoms with Crippen LogP contribution in [0.5, 0.6) is 5.88 Å². The fourth-order valence-electron chi connectivity index (χ4n) is 3.98. The molecule has 1 fully saturated rings. The van der Waals surface area contributed by atoms with Crippen LogP contribution in [0.1, 0.15) is 30.7 Å². The molecular weight excluding hydrogens is 353 g/mol. The molecule has 0 spiro atoms.